The van der Waals surface area contributed by atoms with Crippen molar-refractivity contribution in [2.45, 2.75) is 58.0 Å². The number of likely N-dealkylation sites (N-methyl/N-ethyl adjacent to an activating group) is 2. The Morgan fingerprint density at radius 3 is 2.39 bits per heavy atom. The molecule has 0 spiro atoms. The van der Waals surface area contributed by atoms with Crippen molar-refractivity contribution in [2.24, 2.45) is 5.73 Å². The molecule has 4 heteroatoms. The summed E-state index contributed by atoms with van der Waals surface area (Å²) >= 11 is 0. The van der Waals surface area contributed by atoms with Gasteiger partial charge >= 0.3 is 0 Å². The third kappa shape index (κ3) is 4.25. The number of hydrogen-bond acceptors (Lipinski definition) is 3. The standard InChI is InChI=1S/C14H29N3O/c1-4-17(5-2)14(18)11-16(3)13-10-8-6-7-9-12(13)15/h12-13H,4-11,15H2,1-3H3. The van der Waals surface area contributed by atoms with Crippen molar-refractivity contribution in [3.63, 3.8) is 0 Å². The second-order valence-corrected chi connectivity index (χ2v) is 5.35. The molecule has 0 saturated heterocycles. The van der Waals surface area contributed by atoms with Crippen molar-refractivity contribution in [3.05, 3.63) is 0 Å². The molecule has 1 rings (SSSR count). The van der Waals surface area contributed by atoms with Gasteiger partial charge in [-0.05, 0) is 33.7 Å². The van der Waals surface area contributed by atoms with Gasteiger partial charge < -0.3 is 10.6 Å². The van der Waals surface area contributed by atoms with Crippen LogP contribution in [0.2, 0.25) is 0 Å². The van der Waals surface area contributed by atoms with Crippen LogP contribution in [0.1, 0.15) is 46.0 Å². The highest BCUT2D eigenvalue weighted by Gasteiger charge is 2.26. The Hall–Kier alpha value is -0.610. The number of hydrogen-bond donors (Lipinski definition) is 1. The van der Waals surface area contributed by atoms with Gasteiger partial charge in [0.15, 0.2) is 0 Å². The minimum Gasteiger partial charge on any atom is -0.342 e. The summed E-state index contributed by atoms with van der Waals surface area (Å²) in [4.78, 5) is 16.1. The highest BCUT2D eigenvalue weighted by molar-refractivity contribution is 5.78. The summed E-state index contributed by atoms with van der Waals surface area (Å²) in [5, 5.41) is 0. The Morgan fingerprint density at radius 2 is 1.78 bits per heavy atom. The Labute approximate surface area is 111 Å². The smallest absolute Gasteiger partial charge is 0.236 e. The fourth-order valence-corrected chi connectivity index (χ4v) is 2.87. The molecule has 1 aliphatic carbocycles. The lowest BCUT2D eigenvalue weighted by molar-refractivity contribution is -0.132. The highest BCUT2D eigenvalue weighted by Crippen LogP contribution is 2.20. The summed E-state index contributed by atoms with van der Waals surface area (Å²) in [7, 11) is 2.04. The summed E-state index contributed by atoms with van der Waals surface area (Å²) in [6.45, 7) is 6.14. The second-order valence-electron chi connectivity index (χ2n) is 5.35. The third-order valence-electron chi connectivity index (χ3n) is 4.10. The maximum absolute atomic E-state index is 12.1. The minimum absolute atomic E-state index is 0.221. The quantitative estimate of drug-likeness (QED) is 0.756. The Morgan fingerprint density at radius 1 is 1.17 bits per heavy atom. The molecular formula is C14H29N3O. The first-order chi connectivity index (χ1) is 8.60. The van der Waals surface area contributed by atoms with Crippen molar-refractivity contribution < 1.29 is 4.79 Å². The number of nitrogens with two attached hydrogens (primary N) is 1. The van der Waals surface area contributed by atoms with Crippen LogP contribution >= 0.6 is 0 Å². The maximum Gasteiger partial charge on any atom is 0.236 e. The molecule has 4 nitrogen and oxygen atoms in total. The van der Waals surface area contributed by atoms with Gasteiger partial charge in [0.2, 0.25) is 5.91 Å². The molecule has 0 heterocycles. The molecule has 0 aromatic carbocycles. The Kier molecular flexibility index (Phi) is 6.65. The van der Waals surface area contributed by atoms with Gasteiger partial charge in [0.05, 0.1) is 6.54 Å². The van der Waals surface area contributed by atoms with Crippen LogP contribution in [0.15, 0.2) is 0 Å². The SMILES string of the molecule is CCN(CC)C(=O)CN(C)C1CCCCCC1N. The van der Waals surface area contributed by atoms with Gasteiger partial charge in [-0.3, -0.25) is 9.69 Å². The van der Waals surface area contributed by atoms with E-state index in [9.17, 15) is 4.79 Å². The molecule has 1 amide bonds. The molecule has 0 aromatic rings. The fourth-order valence-electron chi connectivity index (χ4n) is 2.87. The van der Waals surface area contributed by atoms with Gasteiger partial charge in [0.25, 0.3) is 0 Å². The fraction of sp³-hybridized carbons (Fsp3) is 0.929. The summed E-state index contributed by atoms with van der Waals surface area (Å²) in [6, 6.07) is 0.592. The molecule has 2 atom stereocenters. The van der Waals surface area contributed by atoms with Crippen molar-refractivity contribution in [1.29, 1.82) is 0 Å². The average Bonchev–Trinajstić information content (AvgIpc) is 2.55. The largest absolute Gasteiger partial charge is 0.342 e. The van der Waals surface area contributed by atoms with E-state index >= 15 is 0 Å². The molecule has 0 aliphatic heterocycles. The van der Waals surface area contributed by atoms with E-state index in [1.54, 1.807) is 0 Å². The van der Waals surface area contributed by atoms with Crippen LogP contribution in [0.4, 0.5) is 0 Å². The van der Waals surface area contributed by atoms with E-state index in [0.29, 0.717) is 12.6 Å². The molecule has 0 bridgehead atoms. The van der Waals surface area contributed by atoms with Gasteiger partial charge in [-0.25, -0.2) is 0 Å². The topological polar surface area (TPSA) is 49.6 Å². The summed E-state index contributed by atoms with van der Waals surface area (Å²) < 4.78 is 0. The van der Waals surface area contributed by atoms with Crippen LogP contribution in [0.5, 0.6) is 0 Å². The zero-order chi connectivity index (χ0) is 13.5. The van der Waals surface area contributed by atoms with Crippen LogP contribution in [0, 0.1) is 0 Å². The molecule has 1 saturated carbocycles. The van der Waals surface area contributed by atoms with Crippen LogP contribution in [0.25, 0.3) is 0 Å². The van der Waals surface area contributed by atoms with Crippen molar-refractivity contribution >= 4 is 5.91 Å². The van der Waals surface area contributed by atoms with Crippen LogP contribution in [-0.4, -0.2) is 54.5 Å². The molecule has 1 aliphatic rings. The van der Waals surface area contributed by atoms with E-state index in [0.717, 1.165) is 25.9 Å². The first kappa shape index (κ1) is 15.4. The molecule has 18 heavy (non-hydrogen) atoms. The van der Waals surface area contributed by atoms with Crippen LogP contribution < -0.4 is 5.73 Å². The number of carbonyl (C=O) groups excluding carboxylic acids is 1. The second kappa shape index (κ2) is 7.74. The highest BCUT2D eigenvalue weighted by atomic mass is 16.2. The molecule has 0 radical (unpaired) electrons. The summed E-state index contributed by atoms with van der Waals surface area (Å²) in [5.41, 5.74) is 6.23. The van der Waals surface area contributed by atoms with Gasteiger partial charge in [-0.15, -0.1) is 0 Å². The predicted octanol–water partition coefficient (Wildman–Crippen LogP) is 1.45. The van der Waals surface area contributed by atoms with Crippen molar-refractivity contribution in [2.75, 3.05) is 26.7 Å². The lowest BCUT2D eigenvalue weighted by Crippen LogP contribution is -2.49. The minimum atomic E-state index is 0.221. The number of carbonyl (C=O) groups is 1. The lowest BCUT2D eigenvalue weighted by Gasteiger charge is -2.32. The van der Waals surface area contributed by atoms with Crippen molar-refractivity contribution in [1.82, 2.24) is 9.80 Å². The Bertz CT molecular complexity index is 253. The van der Waals surface area contributed by atoms with Gasteiger partial charge in [-0.2, -0.15) is 0 Å². The lowest BCUT2D eigenvalue weighted by atomic mass is 10.0. The molecule has 106 valence electrons. The number of nitrogens with zero attached hydrogens (tertiary/aromatic N) is 2. The zero-order valence-corrected chi connectivity index (χ0v) is 12.2. The Balaban J connectivity index is 2.52. The van der Waals surface area contributed by atoms with Crippen LogP contribution in [0.3, 0.4) is 0 Å². The number of amides is 1. The van der Waals surface area contributed by atoms with E-state index in [2.05, 4.69) is 4.90 Å². The van der Waals surface area contributed by atoms with E-state index in [1.807, 2.05) is 25.8 Å². The first-order valence-electron chi connectivity index (χ1n) is 7.33. The van der Waals surface area contributed by atoms with Gasteiger partial charge in [0.1, 0.15) is 0 Å². The average molecular weight is 255 g/mol. The van der Waals surface area contributed by atoms with E-state index in [-0.39, 0.29) is 11.9 Å². The molecule has 2 N–H and O–H groups in total. The van der Waals surface area contributed by atoms with Gasteiger partial charge in [0, 0.05) is 25.2 Å². The summed E-state index contributed by atoms with van der Waals surface area (Å²) in [5.74, 6) is 0.221. The first-order valence-corrected chi connectivity index (χ1v) is 7.33. The van der Waals surface area contributed by atoms with Gasteiger partial charge in [-0.1, -0.05) is 19.3 Å². The van der Waals surface area contributed by atoms with E-state index < -0.39 is 0 Å². The maximum atomic E-state index is 12.1. The summed E-state index contributed by atoms with van der Waals surface area (Å²) in [6.07, 6.45) is 5.97. The molecule has 0 aromatic heterocycles. The van der Waals surface area contributed by atoms with E-state index in [4.69, 9.17) is 5.73 Å². The molecule has 1 fully saturated rings. The monoisotopic (exact) mass is 255 g/mol. The molecular weight excluding hydrogens is 226 g/mol. The van der Waals surface area contributed by atoms with Crippen molar-refractivity contribution in [3.8, 4) is 0 Å². The normalized spacial score (nSPS) is 24.9. The molecule has 2 unspecified atom stereocenters. The van der Waals surface area contributed by atoms with E-state index in [1.165, 1.54) is 19.3 Å². The zero-order valence-electron chi connectivity index (χ0n) is 12.2. The third-order valence-corrected chi connectivity index (χ3v) is 4.10. The number of rotatable bonds is 5. The predicted molar refractivity (Wildman–Crippen MR) is 75.4 cm³/mol. The van der Waals surface area contributed by atoms with Crippen LogP contribution in [-0.2, 0) is 4.79 Å².